The lowest BCUT2D eigenvalue weighted by Crippen LogP contribution is -2.31. The number of hydrogen-bond donors (Lipinski definition) is 1. The number of nitrogens with one attached hydrogen (secondary N) is 1. The van der Waals surface area contributed by atoms with Crippen molar-refractivity contribution in [3.8, 4) is 0 Å². The van der Waals surface area contributed by atoms with Crippen LogP contribution in [-0.2, 0) is 0 Å². The van der Waals surface area contributed by atoms with Crippen LogP contribution in [0, 0.1) is 0 Å². The first-order valence-corrected chi connectivity index (χ1v) is 6.29. The molecule has 14 heavy (non-hydrogen) atoms. The first kappa shape index (κ1) is 8.66. The van der Waals surface area contributed by atoms with E-state index >= 15 is 0 Å². The maximum Gasteiger partial charge on any atom is 0.296 e. The van der Waals surface area contributed by atoms with E-state index in [0.29, 0.717) is 0 Å². The second kappa shape index (κ2) is 3.20. The molecule has 1 aliphatic heterocycles. The topological polar surface area (TPSA) is 45.5 Å². The molecule has 2 aromatic heterocycles. The smallest absolute Gasteiger partial charge is 0.296 e. The van der Waals surface area contributed by atoms with Gasteiger partial charge in [0.2, 0.25) is 0 Å². The zero-order valence-electron chi connectivity index (χ0n) is 7.07. The van der Waals surface area contributed by atoms with E-state index in [9.17, 15) is 0 Å². The molecule has 0 aromatic carbocycles. The fourth-order valence-corrected chi connectivity index (χ4v) is 3.39. The summed E-state index contributed by atoms with van der Waals surface area (Å²) in [6, 6.07) is 0. The molecule has 3 heterocycles. The standard InChI is InChI=1S/C8H5IN4S/c9-1-5-2-14-8-6-7(11-3-10-6)12-4-13(5)8/h1,3-4H,2H2/p+1/b5-1+. The second-order valence-electron chi connectivity index (χ2n) is 2.91. The minimum absolute atomic E-state index is 0.790. The van der Waals surface area contributed by atoms with Gasteiger partial charge in [0.1, 0.15) is 5.70 Å². The SMILES string of the molecule is I/C=C1\CSc2c3[nH]cnc3nc[n+]21. The Morgan fingerprint density at radius 1 is 1.57 bits per heavy atom. The summed E-state index contributed by atoms with van der Waals surface area (Å²) in [5.74, 6) is 1.00. The molecule has 1 N–H and O–H groups in total. The van der Waals surface area contributed by atoms with Crippen molar-refractivity contribution in [1.29, 1.82) is 0 Å². The summed E-state index contributed by atoms with van der Waals surface area (Å²) in [5.41, 5.74) is 3.10. The van der Waals surface area contributed by atoms with Crippen LogP contribution in [0.25, 0.3) is 16.9 Å². The fourth-order valence-electron chi connectivity index (χ4n) is 1.47. The molecule has 0 aliphatic carbocycles. The Morgan fingerprint density at radius 2 is 2.50 bits per heavy atom. The average molecular weight is 317 g/mol. The van der Waals surface area contributed by atoms with Crippen molar-refractivity contribution in [1.82, 2.24) is 15.0 Å². The summed E-state index contributed by atoms with van der Waals surface area (Å²) in [5, 5.41) is 1.20. The van der Waals surface area contributed by atoms with Gasteiger partial charge in [0, 0.05) is 4.08 Å². The Kier molecular flexibility index (Phi) is 1.98. The van der Waals surface area contributed by atoms with Gasteiger partial charge < -0.3 is 4.98 Å². The van der Waals surface area contributed by atoms with Crippen molar-refractivity contribution in [2.45, 2.75) is 5.03 Å². The maximum absolute atomic E-state index is 4.27. The van der Waals surface area contributed by atoms with Crippen molar-refractivity contribution in [3.63, 3.8) is 0 Å². The minimum atomic E-state index is 0.790. The Morgan fingerprint density at radius 3 is 3.36 bits per heavy atom. The van der Waals surface area contributed by atoms with Crippen LogP contribution >= 0.6 is 34.4 Å². The monoisotopic (exact) mass is 317 g/mol. The molecule has 70 valence electrons. The van der Waals surface area contributed by atoms with Crippen LogP contribution in [0.3, 0.4) is 0 Å². The molecular formula is C8H6IN4S+. The molecule has 1 aliphatic rings. The van der Waals surface area contributed by atoms with Crippen LogP contribution in [0.15, 0.2) is 21.8 Å². The summed E-state index contributed by atoms with van der Waals surface area (Å²) in [4.78, 5) is 11.5. The lowest BCUT2D eigenvalue weighted by Gasteiger charge is -1.93. The highest BCUT2D eigenvalue weighted by atomic mass is 127. The van der Waals surface area contributed by atoms with Crippen molar-refractivity contribution < 1.29 is 4.57 Å². The highest BCUT2D eigenvalue weighted by molar-refractivity contribution is 14.1. The van der Waals surface area contributed by atoms with Gasteiger partial charge in [-0.1, -0.05) is 11.8 Å². The molecule has 2 aromatic rings. The summed E-state index contributed by atoms with van der Waals surface area (Å²) >= 11 is 4.07. The first-order chi connectivity index (χ1) is 6.90. The highest BCUT2D eigenvalue weighted by Crippen LogP contribution is 2.29. The number of nitrogens with zero attached hydrogens (tertiary/aromatic N) is 3. The molecule has 0 fully saturated rings. The molecule has 0 saturated heterocycles. The summed E-state index contributed by atoms with van der Waals surface area (Å²) in [6.45, 7) is 0. The number of imidazole rings is 1. The molecule has 0 atom stereocenters. The normalized spacial score (nSPS) is 17.9. The third-order valence-corrected chi connectivity index (χ3v) is 3.97. The number of thioether (sulfide) groups is 1. The quantitative estimate of drug-likeness (QED) is 0.456. The van der Waals surface area contributed by atoms with E-state index in [2.05, 4.69) is 46.2 Å². The number of fused-ring (bicyclic) bond motifs is 3. The number of aromatic amines is 1. The lowest BCUT2D eigenvalue weighted by molar-refractivity contribution is -0.618. The van der Waals surface area contributed by atoms with Crippen LogP contribution in [0.2, 0.25) is 0 Å². The Hall–Kier alpha value is -0.630. The van der Waals surface area contributed by atoms with E-state index < -0.39 is 0 Å². The first-order valence-electron chi connectivity index (χ1n) is 4.06. The molecule has 0 spiro atoms. The number of H-pyrrole nitrogens is 1. The van der Waals surface area contributed by atoms with Crippen molar-refractivity contribution in [2.24, 2.45) is 0 Å². The van der Waals surface area contributed by atoms with Gasteiger partial charge in [0.15, 0.2) is 10.5 Å². The molecule has 0 saturated carbocycles. The van der Waals surface area contributed by atoms with E-state index in [-0.39, 0.29) is 0 Å². The summed E-state index contributed by atoms with van der Waals surface area (Å²) < 4.78 is 4.20. The van der Waals surface area contributed by atoms with Crippen LogP contribution < -0.4 is 4.57 Å². The third-order valence-electron chi connectivity index (χ3n) is 2.14. The zero-order valence-corrected chi connectivity index (χ0v) is 10.0. The molecular weight excluding hydrogens is 311 g/mol. The van der Waals surface area contributed by atoms with Crippen molar-refractivity contribution in [2.75, 3.05) is 5.75 Å². The number of rotatable bonds is 0. The average Bonchev–Trinajstić information content (AvgIpc) is 2.82. The number of hydrogen-bond acceptors (Lipinski definition) is 3. The molecule has 6 heteroatoms. The Labute approximate surface area is 98.0 Å². The fraction of sp³-hybridized carbons (Fsp3) is 0.125. The van der Waals surface area contributed by atoms with Crippen LogP contribution in [-0.4, -0.2) is 20.7 Å². The van der Waals surface area contributed by atoms with Gasteiger partial charge in [-0.15, -0.1) is 0 Å². The molecule has 4 nitrogen and oxygen atoms in total. The molecule has 0 amide bonds. The van der Waals surface area contributed by atoms with Crippen molar-refractivity contribution in [3.05, 3.63) is 16.7 Å². The van der Waals surface area contributed by atoms with E-state index in [1.807, 2.05) is 18.1 Å². The van der Waals surface area contributed by atoms with E-state index in [0.717, 1.165) is 16.9 Å². The minimum Gasteiger partial charge on any atom is -0.337 e. The largest absolute Gasteiger partial charge is 0.337 e. The predicted molar refractivity (Wildman–Crippen MR) is 63.1 cm³/mol. The van der Waals surface area contributed by atoms with Crippen molar-refractivity contribution >= 4 is 51.2 Å². The Bertz CT molecular complexity index is 533. The van der Waals surface area contributed by atoms with Gasteiger partial charge in [0.25, 0.3) is 12.0 Å². The highest BCUT2D eigenvalue weighted by Gasteiger charge is 2.26. The van der Waals surface area contributed by atoms with E-state index in [1.54, 1.807) is 6.33 Å². The third kappa shape index (κ3) is 1.10. The van der Waals surface area contributed by atoms with Crippen LogP contribution in [0.4, 0.5) is 0 Å². The molecule has 3 rings (SSSR count). The summed E-state index contributed by atoms with van der Waals surface area (Å²) in [7, 11) is 0. The van der Waals surface area contributed by atoms with Gasteiger partial charge in [0.05, 0.1) is 12.1 Å². The van der Waals surface area contributed by atoms with Crippen LogP contribution in [0.1, 0.15) is 0 Å². The second-order valence-corrected chi connectivity index (χ2v) is 4.50. The maximum atomic E-state index is 4.27. The molecule has 0 unspecified atom stereocenters. The van der Waals surface area contributed by atoms with Gasteiger partial charge in [-0.2, -0.15) is 9.55 Å². The van der Waals surface area contributed by atoms with Gasteiger partial charge >= 0.3 is 0 Å². The van der Waals surface area contributed by atoms with Gasteiger partial charge in [-0.25, -0.2) is 0 Å². The van der Waals surface area contributed by atoms with Crippen LogP contribution in [0.5, 0.6) is 0 Å². The number of halogens is 1. The Balaban J connectivity index is 2.38. The molecule has 0 radical (unpaired) electrons. The predicted octanol–water partition coefficient (Wildman–Crippen LogP) is 1.58. The van der Waals surface area contributed by atoms with E-state index in [4.69, 9.17) is 0 Å². The molecule has 0 bridgehead atoms. The summed E-state index contributed by atoms with van der Waals surface area (Å²) in [6.07, 6.45) is 3.52. The van der Waals surface area contributed by atoms with Gasteiger partial charge in [-0.05, 0) is 27.6 Å². The number of aromatic nitrogens is 4. The van der Waals surface area contributed by atoms with E-state index in [1.165, 1.54) is 10.7 Å². The van der Waals surface area contributed by atoms with Gasteiger partial charge in [-0.3, -0.25) is 0 Å². The zero-order chi connectivity index (χ0) is 9.54. The lowest BCUT2D eigenvalue weighted by atomic mass is 10.5.